The highest BCUT2D eigenvalue weighted by molar-refractivity contribution is 7.14. The Kier molecular flexibility index (Phi) is 4.55. The smallest absolute Gasteiger partial charge is 0.264 e. The van der Waals surface area contributed by atoms with Crippen LogP contribution in [0.1, 0.15) is 21.5 Å². The van der Waals surface area contributed by atoms with E-state index in [1.54, 1.807) is 11.3 Å². The Morgan fingerprint density at radius 3 is 2.67 bits per heavy atom. The van der Waals surface area contributed by atoms with E-state index >= 15 is 0 Å². The predicted molar refractivity (Wildman–Crippen MR) is 76.2 cm³/mol. The molecule has 1 aromatic rings. The number of piperazine rings is 1. The van der Waals surface area contributed by atoms with Crippen molar-refractivity contribution in [3.63, 3.8) is 0 Å². The first-order valence-corrected chi connectivity index (χ1v) is 7.27. The monoisotopic (exact) mass is 264 g/mol. The van der Waals surface area contributed by atoms with Crippen LogP contribution in [0.2, 0.25) is 0 Å². The van der Waals surface area contributed by atoms with Crippen LogP contribution in [0.25, 0.3) is 0 Å². The summed E-state index contributed by atoms with van der Waals surface area (Å²) in [6, 6.07) is 4.02. The number of hydrogen-bond acceptors (Lipinski definition) is 3. The molecule has 1 aromatic heterocycles. The second kappa shape index (κ2) is 6.16. The summed E-state index contributed by atoms with van der Waals surface area (Å²) in [7, 11) is 0. The van der Waals surface area contributed by atoms with Crippen molar-refractivity contribution in [3.05, 3.63) is 34.5 Å². The average molecular weight is 264 g/mol. The molecule has 1 amide bonds. The fraction of sp³-hybridized carbons (Fsp3) is 0.500. The van der Waals surface area contributed by atoms with Crippen LogP contribution in [0.3, 0.4) is 0 Å². The van der Waals surface area contributed by atoms with Gasteiger partial charge in [0.2, 0.25) is 0 Å². The number of nitrogens with zero attached hydrogens (tertiary/aromatic N) is 2. The van der Waals surface area contributed by atoms with Crippen molar-refractivity contribution in [2.24, 2.45) is 0 Å². The summed E-state index contributed by atoms with van der Waals surface area (Å²) in [5.74, 6) is 0.193. The molecule has 18 heavy (non-hydrogen) atoms. The Labute approximate surface area is 113 Å². The zero-order valence-corrected chi connectivity index (χ0v) is 11.7. The Morgan fingerprint density at radius 1 is 1.39 bits per heavy atom. The van der Waals surface area contributed by atoms with Crippen LogP contribution in [-0.2, 0) is 6.42 Å². The molecule has 1 saturated heterocycles. The lowest BCUT2D eigenvalue weighted by molar-refractivity contribution is 0.0655. The Morgan fingerprint density at radius 2 is 2.11 bits per heavy atom. The lowest BCUT2D eigenvalue weighted by Crippen LogP contribution is -2.48. The van der Waals surface area contributed by atoms with E-state index in [-0.39, 0.29) is 5.91 Å². The van der Waals surface area contributed by atoms with Gasteiger partial charge < -0.3 is 4.90 Å². The number of rotatable bonds is 4. The number of hydrogen-bond donors (Lipinski definition) is 0. The van der Waals surface area contributed by atoms with Gasteiger partial charge in [-0.1, -0.05) is 13.0 Å². The molecule has 0 atom stereocenters. The van der Waals surface area contributed by atoms with Crippen molar-refractivity contribution >= 4 is 17.2 Å². The molecule has 0 aromatic carbocycles. The third kappa shape index (κ3) is 3.00. The molecular formula is C14H20N2OS. The molecule has 1 aliphatic rings. The number of amides is 1. The standard InChI is InChI=1S/C14H20N2OS/c1-3-7-15-8-10-16(11-9-15)14(17)13-6-5-12(4-2)18-13/h3,5-6H,1,4,7-11H2,2H3. The molecule has 0 radical (unpaired) electrons. The number of carbonyl (C=O) groups is 1. The summed E-state index contributed by atoms with van der Waals surface area (Å²) in [5, 5.41) is 0. The Balaban J connectivity index is 1.92. The van der Waals surface area contributed by atoms with Gasteiger partial charge >= 0.3 is 0 Å². The van der Waals surface area contributed by atoms with Gasteiger partial charge in [0.05, 0.1) is 4.88 Å². The van der Waals surface area contributed by atoms with Crippen molar-refractivity contribution in [2.45, 2.75) is 13.3 Å². The SMILES string of the molecule is C=CCN1CCN(C(=O)c2ccc(CC)s2)CC1. The van der Waals surface area contributed by atoms with E-state index in [9.17, 15) is 4.79 Å². The third-order valence-corrected chi connectivity index (χ3v) is 4.49. The van der Waals surface area contributed by atoms with Crippen LogP contribution in [0, 0.1) is 0 Å². The number of aryl methyl sites for hydroxylation is 1. The van der Waals surface area contributed by atoms with Crippen molar-refractivity contribution < 1.29 is 4.79 Å². The Bertz CT molecular complexity index is 419. The molecule has 0 saturated carbocycles. The van der Waals surface area contributed by atoms with E-state index in [0.29, 0.717) is 0 Å². The fourth-order valence-corrected chi connectivity index (χ4v) is 3.07. The van der Waals surface area contributed by atoms with E-state index in [0.717, 1.165) is 44.0 Å². The van der Waals surface area contributed by atoms with Crippen LogP contribution >= 0.6 is 11.3 Å². The van der Waals surface area contributed by atoms with Gasteiger partial charge in [0.1, 0.15) is 0 Å². The zero-order valence-electron chi connectivity index (χ0n) is 10.9. The number of thiophene rings is 1. The summed E-state index contributed by atoms with van der Waals surface area (Å²) >= 11 is 1.62. The van der Waals surface area contributed by atoms with Gasteiger partial charge in [-0.15, -0.1) is 17.9 Å². The average Bonchev–Trinajstić information content (AvgIpc) is 2.88. The predicted octanol–water partition coefficient (Wildman–Crippen LogP) is 2.25. The molecule has 2 rings (SSSR count). The molecule has 98 valence electrons. The highest BCUT2D eigenvalue weighted by Crippen LogP contribution is 2.19. The van der Waals surface area contributed by atoms with Gasteiger partial charge in [0.25, 0.3) is 5.91 Å². The van der Waals surface area contributed by atoms with Crippen LogP contribution in [0.15, 0.2) is 24.8 Å². The first-order chi connectivity index (χ1) is 8.74. The summed E-state index contributed by atoms with van der Waals surface area (Å²) in [6.07, 6.45) is 2.93. The van der Waals surface area contributed by atoms with E-state index < -0.39 is 0 Å². The fourth-order valence-electron chi connectivity index (χ4n) is 2.15. The summed E-state index contributed by atoms with van der Waals surface area (Å²) < 4.78 is 0. The maximum absolute atomic E-state index is 12.3. The van der Waals surface area contributed by atoms with Gasteiger partial charge in [-0.2, -0.15) is 0 Å². The minimum Gasteiger partial charge on any atom is -0.335 e. The minimum absolute atomic E-state index is 0.193. The molecule has 1 fully saturated rings. The summed E-state index contributed by atoms with van der Waals surface area (Å²) in [5.41, 5.74) is 0. The lowest BCUT2D eigenvalue weighted by atomic mass is 10.3. The maximum Gasteiger partial charge on any atom is 0.264 e. The van der Waals surface area contributed by atoms with Gasteiger partial charge in [0.15, 0.2) is 0 Å². The minimum atomic E-state index is 0.193. The van der Waals surface area contributed by atoms with Gasteiger partial charge in [0, 0.05) is 37.6 Å². The molecule has 1 aliphatic heterocycles. The van der Waals surface area contributed by atoms with Crippen molar-refractivity contribution in [1.29, 1.82) is 0 Å². The normalized spacial score (nSPS) is 16.8. The van der Waals surface area contributed by atoms with Gasteiger partial charge in [-0.05, 0) is 18.6 Å². The maximum atomic E-state index is 12.3. The van der Waals surface area contributed by atoms with Crippen molar-refractivity contribution in [1.82, 2.24) is 9.80 Å². The van der Waals surface area contributed by atoms with E-state index in [4.69, 9.17) is 0 Å². The quantitative estimate of drug-likeness (QED) is 0.779. The topological polar surface area (TPSA) is 23.6 Å². The number of carbonyl (C=O) groups excluding carboxylic acids is 1. The summed E-state index contributed by atoms with van der Waals surface area (Å²) in [4.78, 5) is 18.7. The summed E-state index contributed by atoms with van der Waals surface area (Å²) in [6.45, 7) is 10.3. The molecule has 0 bridgehead atoms. The molecule has 3 nitrogen and oxygen atoms in total. The van der Waals surface area contributed by atoms with Crippen molar-refractivity contribution in [2.75, 3.05) is 32.7 Å². The van der Waals surface area contributed by atoms with Crippen LogP contribution < -0.4 is 0 Å². The largest absolute Gasteiger partial charge is 0.335 e. The molecule has 2 heterocycles. The van der Waals surface area contributed by atoms with Crippen LogP contribution in [0.5, 0.6) is 0 Å². The van der Waals surface area contributed by atoms with Gasteiger partial charge in [-0.25, -0.2) is 0 Å². The third-order valence-electron chi connectivity index (χ3n) is 3.27. The second-order valence-electron chi connectivity index (χ2n) is 4.50. The lowest BCUT2D eigenvalue weighted by Gasteiger charge is -2.33. The van der Waals surface area contributed by atoms with Crippen LogP contribution in [-0.4, -0.2) is 48.4 Å². The van der Waals surface area contributed by atoms with Crippen molar-refractivity contribution in [3.8, 4) is 0 Å². The first kappa shape index (κ1) is 13.3. The molecular weight excluding hydrogens is 244 g/mol. The molecule has 0 spiro atoms. The van der Waals surface area contributed by atoms with E-state index in [2.05, 4.69) is 24.5 Å². The highest BCUT2D eigenvalue weighted by atomic mass is 32.1. The molecule has 0 unspecified atom stereocenters. The molecule has 0 aliphatic carbocycles. The van der Waals surface area contributed by atoms with E-state index in [1.165, 1.54) is 4.88 Å². The molecule has 0 N–H and O–H groups in total. The van der Waals surface area contributed by atoms with Gasteiger partial charge in [-0.3, -0.25) is 9.69 Å². The van der Waals surface area contributed by atoms with Crippen LogP contribution in [0.4, 0.5) is 0 Å². The Hall–Kier alpha value is -1.13. The zero-order chi connectivity index (χ0) is 13.0. The molecule has 4 heteroatoms. The highest BCUT2D eigenvalue weighted by Gasteiger charge is 2.22. The second-order valence-corrected chi connectivity index (χ2v) is 5.67. The van der Waals surface area contributed by atoms with E-state index in [1.807, 2.05) is 17.0 Å². The first-order valence-electron chi connectivity index (χ1n) is 6.45.